The van der Waals surface area contributed by atoms with Gasteiger partial charge in [-0.05, 0) is 18.6 Å². The van der Waals surface area contributed by atoms with Crippen molar-refractivity contribution < 1.29 is 9.47 Å². The van der Waals surface area contributed by atoms with Crippen molar-refractivity contribution in [1.29, 1.82) is 0 Å². The zero-order valence-electron chi connectivity index (χ0n) is 10.6. The molecule has 96 valence electrons. The Bertz CT molecular complexity index is 319. The Labute approximate surface area is 103 Å². The van der Waals surface area contributed by atoms with Crippen LogP contribution >= 0.6 is 0 Å². The predicted molar refractivity (Wildman–Crippen MR) is 67.0 cm³/mol. The number of methoxy groups -OCH3 is 1. The summed E-state index contributed by atoms with van der Waals surface area (Å²) in [4.78, 5) is 2.45. The lowest BCUT2D eigenvalue weighted by Gasteiger charge is -2.27. The van der Waals surface area contributed by atoms with Gasteiger partial charge in [0.05, 0.1) is 13.2 Å². The molecule has 0 bridgehead atoms. The first-order valence-corrected chi connectivity index (χ1v) is 6.33. The fourth-order valence-corrected chi connectivity index (χ4v) is 2.18. The van der Waals surface area contributed by atoms with Gasteiger partial charge in [-0.1, -0.05) is 0 Å². The summed E-state index contributed by atoms with van der Waals surface area (Å²) in [6.07, 6.45) is 3.23. The van der Waals surface area contributed by atoms with Crippen LogP contribution in [0.25, 0.3) is 0 Å². The molecule has 0 atom stereocenters. The van der Waals surface area contributed by atoms with Gasteiger partial charge in [0.2, 0.25) is 0 Å². The van der Waals surface area contributed by atoms with Crippen molar-refractivity contribution in [2.24, 2.45) is 0 Å². The largest absolute Gasteiger partial charge is 0.385 e. The number of hydrogen-bond acceptors (Lipinski definition) is 3. The molecule has 1 fully saturated rings. The summed E-state index contributed by atoms with van der Waals surface area (Å²) in [5.41, 5.74) is 1.39. The van der Waals surface area contributed by atoms with E-state index in [1.807, 2.05) is 0 Å². The van der Waals surface area contributed by atoms with Crippen molar-refractivity contribution in [3.05, 3.63) is 24.0 Å². The normalized spacial score (nSPS) is 17.5. The second kappa shape index (κ2) is 6.79. The first-order chi connectivity index (χ1) is 8.40. The van der Waals surface area contributed by atoms with Crippen LogP contribution in [0.2, 0.25) is 0 Å². The molecule has 0 radical (unpaired) electrons. The van der Waals surface area contributed by atoms with E-state index in [0.717, 1.165) is 52.4 Å². The predicted octanol–water partition coefficient (Wildman–Crippen LogP) is 1.36. The average Bonchev–Trinajstić information content (AvgIpc) is 2.79. The third-order valence-electron chi connectivity index (χ3n) is 3.16. The van der Waals surface area contributed by atoms with Gasteiger partial charge in [-0.2, -0.15) is 0 Å². The van der Waals surface area contributed by atoms with Crippen molar-refractivity contribution >= 4 is 0 Å². The Balaban J connectivity index is 1.84. The molecule has 17 heavy (non-hydrogen) atoms. The van der Waals surface area contributed by atoms with Crippen LogP contribution in [0.4, 0.5) is 0 Å². The van der Waals surface area contributed by atoms with Gasteiger partial charge in [-0.25, -0.2) is 0 Å². The summed E-state index contributed by atoms with van der Waals surface area (Å²) in [5, 5.41) is 0. The van der Waals surface area contributed by atoms with E-state index in [2.05, 4.69) is 27.8 Å². The molecule has 2 rings (SSSR count). The second-order valence-electron chi connectivity index (χ2n) is 4.43. The molecular formula is C13H22N2O2. The van der Waals surface area contributed by atoms with Crippen LogP contribution in [0.15, 0.2) is 18.3 Å². The van der Waals surface area contributed by atoms with Crippen LogP contribution < -0.4 is 0 Å². The number of hydrogen-bond donors (Lipinski definition) is 0. The smallest absolute Gasteiger partial charge is 0.0594 e. The molecule has 0 saturated carbocycles. The van der Waals surface area contributed by atoms with E-state index >= 15 is 0 Å². The van der Waals surface area contributed by atoms with Crippen molar-refractivity contribution in [3.63, 3.8) is 0 Å². The summed E-state index contributed by atoms with van der Waals surface area (Å²) >= 11 is 0. The first kappa shape index (κ1) is 12.6. The maximum absolute atomic E-state index is 5.36. The van der Waals surface area contributed by atoms with E-state index in [9.17, 15) is 0 Å². The Hall–Kier alpha value is -0.840. The molecule has 0 aliphatic carbocycles. The van der Waals surface area contributed by atoms with Gasteiger partial charge in [-0.3, -0.25) is 4.90 Å². The number of ether oxygens (including phenoxy) is 2. The lowest BCUT2D eigenvalue weighted by molar-refractivity contribution is 0.0331. The highest BCUT2D eigenvalue weighted by atomic mass is 16.5. The minimum absolute atomic E-state index is 0.829. The van der Waals surface area contributed by atoms with Crippen molar-refractivity contribution in [3.8, 4) is 0 Å². The van der Waals surface area contributed by atoms with Crippen molar-refractivity contribution in [2.75, 3.05) is 40.0 Å². The molecule has 0 N–H and O–H groups in total. The highest BCUT2D eigenvalue weighted by Crippen LogP contribution is 2.09. The third-order valence-corrected chi connectivity index (χ3v) is 3.16. The first-order valence-electron chi connectivity index (χ1n) is 6.33. The molecule has 1 saturated heterocycles. The number of nitrogens with zero attached hydrogens (tertiary/aromatic N) is 2. The quantitative estimate of drug-likeness (QED) is 0.700. The summed E-state index contributed by atoms with van der Waals surface area (Å²) < 4.78 is 12.8. The molecule has 0 unspecified atom stereocenters. The molecule has 4 nitrogen and oxygen atoms in total. The van der Waals surface area contributed by atoms with E-state index in [0.29, 0.717) is 0 Å². The summed E-state index contributed by atoms with van der Waals surface area (Å²) in [7, 11) is 1.75. The van der Waals surface area contributed by atoms with Crippen LogP contribution in [0.1, 0.15) is 12.1 Å². The van der Waals surface area contributed by atoms with Gasteiger partial charge < -0.3 is 14.0 Å². The third kappa shape index (κ3) is 3.84. The Morgan fingerprint density at radius 1 is 1.35 bits per heavy atom. The van der Waals surface area contributed by atoms with Gasteiger partial charge >= 0.3 is 0 Å². The molecule has 1 aromatic rings. The number of rotatable bonds is 6. The summed E-state index contributed by atoms with van der Waals surface area (Å²) in [6, 6.07) is 4.34. The minimum Gasteiger partial charge on any atom is -0.385 e. The minimum atomic E-state index is 0.829. The Kier molecular flexibility index (Phi) is 5.04. The van der Waals surface area contributed by atoms with Crippen LogP contribution in [0.3, 0.4) is 0 Å². The van der Waals surface area contributed by atoms with Gasteiger partial charge in [0.1, 0.15) is 0 Å². The van der Waals surface area contributed by atoms with Crippen molar-refractivity contribution in [2.45, 2.75) is 19.5 Å². The van der Waals surface area contributed by atoms with Gasteiger partial charge in [-0.15, -0.1) is 0 Å². The number of aryl methyl sites for hydroxylation is 1. The average molecular weight is 238 g/mol. The summed E-state index contributed by atoms with van der Waals surface area (Å²) in [6.45, 7) is 6.72. The number of aromatic nitrogens is 1. The number of morpholine rings is 1. The van der Waals surface area contributed by atoms with E-state index < -0.39 is 0 Å². The van der Waals surface area contributed by atoms with Gasteiger partial charge in [0, 0.05) is 51.8 Å². The monoisotopic (exact) mass is 238 g/mol. The van der Waals surface area contributed by atoms with Crippen LogP contribution in [0.5, 0.6) is 0 Å². The Morgan fingerprint density at radius 3 is 2.94 bits per heavy atom. The maximum Gasteiger partial charge on any atom is 0.0594 e. The zero-order valence-corrected chi connectivity index (χ0v) is 10.6. The molecule has 1 aromatic heterocycles. The molecule has 0 amide bonds. The van der Waals surface area contributed by atoms with Gasteiger partial charge in [0.15, 0.2) is 0 Å². The molecular weight excluding hydrogens is 216 g/mol. The molecule has 1 aliphatic heterocycles. The standard InChI is InChI=1S/C13H22N2O2/c1-16-9-3-6-15-5-2-4-13(15)12-14-7-10-17-11-8-14/h2,4-5H,3,6-12H2,1H3. The van der Waals surface area contributed by atoms with Crippen LogP contribution in [0, 0.1) is 0 Å². The molecule has 2 heterocycles. The molecule has 4 heteroatoms. The fraction of sp³-hybridized carbons (Fsp3) is 0.692. The highest BCUT2D eigenvalue weighted by Gasteiger charge is 2.12. The van der Waals surface area contributed by atoms with Crippen molar-refractivity contribution in [1.82, 2.24) is 9.47 Å². The lowest BCUT2D eigenvalue weighted by Crippen LogP contribution is -2.36. The van der Waals surface area contributed by atoms with E-state index in [-0.39, 0.29) is 0 Å². The molecule has 0 spiro atoms. The van der Waals surface area contributed by atoms with Crippen LogP contribution in [-0.2, 0) is 22.6 Å². The zero-order chi connectivity index (χ0) is 11.9. The Morgan fingerprint density at radius 2 is 2.18 bits per heavy atom. The highest BCUT2D eigenvalue weighted by molar-refractivity contribution is 5.07. The topological polar surface area (TPSA) is 26.6 Å². The van der Waals surface area contributed by atoms with Gasteiger partial charge in [0.25, 0.3) is 0 Å². The molecule has 0 aromatic carbocycles. The second-order valence-corrected chi connectivity index (χ2v) is 4.43. The fourth-order valence-electron chi connectivity index (χ4n) is 2.18. The van der Waals surface area contributed by atoms with Crippen LogP contribution in [-0.4, -0.2) is 49.5 Å². The molecule has 1 aliphatic rings. The summed E-state index contributed by atoms with van der Waals surface area (Å²) in [5.74, 6) is 0. The SMILES string of the molecule is COCCCn1cccc1CN1CCOCC1. The maximum atomic E-state index is 5.36. The lowest BCUT2D eigenvalue weighted by atomic mass is 10.3. The van der Waals surface area contributed by atoms with E-state index in [1.165, 1.54) is 5.69 Å². The van der Waals surface area contributed by atoms with E-state index in [1.54, 1.807) is 7.11 Å². The van der Waals surface area contributed by atoms with E-state index in [4.69, 9.17) is 9.47 Å².